The van der Waals surface area contributed by atoms with Gasteiger partial charge in [0.1, 0.15) is 0 Å². The van der Waals surface area contributed by atoms with Crippen molar-refractivity contribution in [3.05, 3.63) is 35.4 Å². The maximum atomic E-state index is 6.01. The SMILES string of the molecule is CCO[Si](C)(C)C1CCc2ccccc21. The van der Waals surface area contributed by atoms with Crippen molar-refractivity contribution >= 4 is 8.32 Å². The standard InChI is InChI=1S/C13H20OSi/c1-4-14-15(2,3)13-10-9-11-7-5-6-8-12(11)13/h5-8,13H,4,9-10H2,1-3H3. The minimum absolute atomic E-state index is 0.702. The topological polar surface area (TPSA) is 9.23 Å². The molecule has 2 heteroatoms. The van der Waals surface area contributed by atoms with Crippen molar-refractivity contribution in [3.63, 3.8) is 0 Å². The van der Waals surface area contributed by atoms with Crippen LogP contribution < -0.4 is 0 Å². The first-order chi connectivity index (χ1) is 7.15. The molecule has 0 heterocycles. The lowest BCUT2D eigenvalue weighted by Gasteiger charge is -2.29. The van der Waals surface area contributed by atoms with Crippen LogP contribution in [0.4, 0.5) is 0 Å². The summed E-state index contributed by atoms with van der Waals surface area (Å²) in [6.45, 7) is 7.67. The molecular weight excluding hydrogens is 200 g/mol. The molecule has 0 amide bonds. The summed E-state index contributed by atoms with van der Waals surface area (Å²) in [5, 5.41) is 0. The molecule has 1 aromatic rings. The quantitative estimate of drug-likeness (QED) is 0.708. The van der Waals surface area contributed by atoms with Crippen molar-refractivity contribution < 1.29 is 4.43 Å². The van der Waals surface area contributed by atoms with Gasteiger partial charge in [-0.15, -0.1) is 0 Å². The average molecular weight is 220 g/mol. The second-order valence-corrected chi connectivity index (χ2v) is 9.02. The fourth-order valence-electron chi connectivity index (χ4n) is 2.75. The molecule has 1 aliphatic carbocycles. The summed E-state index contributed by atoms with van der Waals surface area (Å²) in [5.41, 5.74) is 3.80. The molecule has 2 rings (SSSR count). The third kappa shape index (κ3) is 2.01. The van der Waals surface area contributed by atoms with E-state index in [-0.39, 0.29) is 0 Å². The van der Waals surface area contributed by atoms with E-state index in [0.717, 1.165) is 6.61 Å². The summed E-state index contributed by atoms with van der Waals surface area (Å²) < 4.78 is 6.01. The molecule has 1 unspecified atom stereocenters. The highest BCUT2D eigenvalue weighted by atomic mass is 28.4. The van der Waals surface area contributed by atoms with Crippen LogP contribution in [-0.2, 0) is 10.8 Å². The molecular formula is C13H20OSi. The van der Waals surface area contributed by atoms with Gasteiger partial charge in [-0.3, -0.25) is 0 Å². The number of rotatable bonds is 3. The van der Waals surface area contributed by atoms with Crippen LogP contribution in [0.3, 0.4) is 0 Å². The summed E-state index contributed by atoms with van der Waals surface area (Å²) in [5.74, 6) is 0. The van der Waals surface area contributed by atoms with Gasteiger partial charge >= 0.3 is 0 Å². The van der Waals surface area contributed by atoms with E-state index in [4.69, 9.17) is 4.43 Å². The summed E-state index contributed by atoms with van der Waals surface area (Å²) in [6, 6.07) is 8.87. The third-order valence-corrected chi connectivity index (χ3v) is 6.80. The van der Waals surface area contributed by atoms with Gasteiger partial charge < -0.3 is 4.43 Å². The lowest BCUT2D eigenvalue weighted by atomic mass is 10.1. The van der Waals surface area contributed by atoms with Gasteiger partial charge in [0.15, 0.2) is 8.32 Å². The predicted molar refractivity (Wildman–Crippen MR) is 66.6 cm³/mol. The molecule has 1 atom stereocenters. The van der Waals surface area contributed by atoms with Crippen molar-refractivity contribution in [1.29, 1.82) is 0 Å². The van der Waals surface area contributed by atoms with Crippen LogP contribution in [0.2, 0.25) is 13.1 Å². The zero-order valence-corrected chi connectivity index (χ0v) is 10.9. The van der Waals surface area contributed by atoms with E-state index >= 15 is 0 Å². The largest absolute Gasteiger partial charge is 0.417 e. The van der Waals surface area contributed by atoms with Gasteiger partial charge in [0.2, 0.25) is 0 Å². The Labute approximate surface area is 93.6 Å². The van der Waals surface area contributed by atoms with Crippen LogP contribution in [-0.4, -0.2) is 14.9 Å². The van der Waals surface area contributed by atoms with Crippen molar-refractivity contribution in [2.45, 2.75) is 38.4 Å². The summed E-state index contributed by atoms with van der Waals surface area (Å²) in [7, 11) is -1.52. The van der Waals surface area contributed by atoms with Crippen LogP contribution in [0.15, 0.2) is 24.3 Å². The van der Waals surface area contributed by atoms with Crippen molar-refractivity contribution in [1.82, 2.24) is 0 Å². The van der Waals surface area contributed by atoms with Crippen molar-refractivity contribution in [2.75, 3.05) is 6.61 Å². The van der Waals surface area contributed by atoms with Gasteiger partial charge in [0.25, 0.3) is 0 Å². The highest BCUT2D eigenvalue weighted by molar-refractivity contribution is 6.72. The van der Waals surface area contributed by atoms with Gasteiger partial charge in [-0.05, 0) is 44.0 Å². The number of aryl methyl sites for hydroxylation is 1. The predicted octanol–water partition coefficient (Wildman–Crippen LogP) is 3.50. The lowest BCUT2D eigenvalue weighted by molar-refractivity contribution is 0.320. The number of fused-ring (bicyclic) bond motifs is 1. The Balaban J connectivity index is 2.27. The second kappa shape index (κ2) is 4.10. The fraction of sp³-hybridized carbons (Fsp3) is 0.538. The van der Waals surface area contributed by atoms with Gasteiger partial charge in [0, 0.05) is 12.1 Å². The molecule has 0 radical (unpaired) electrons. The average Bonchev–Trinajstić information content (AvgIpc) is 2.61. The zero-order chi connectivity index (χ0) is 10.9. The smallest absolute Gasteiger partial charge is 0.194 e. The van der Waals surface area contributed by atoms with Crippen LogP contribution in [0, 0.1) is 0 Å². The molecule has 0 fully saturated rings. The van der Waals surface area contributed by atoms with Gasteiger partial charge in [0.05, 0.1) is 0 Å². The molecule has 82 valence electrons. The first kappa shape index (κ1) is 10.9. The first-order valence-electron chi connectivity index (χ1n) is 5.87. The van der Waals surface area contributed by atoms with Crippen LogP contribution in [0.25, 0.3) is 0 Å². The lowest BCUT2D eigenvalue weighted by Crippen LogP contribution is -2.37. The Kier molecular flexibility index (Phi) is 2.98. The van der Waals surface area contributed by atoms with E-state index in [1.165, 1.54) is 12.8 Å². The minimum atomic E-state index is -1.52. The number of hydrogen-bond acceptors (Lipinski definition) is 1. The Hall–Kier alpha value is -0.603. The van der Waals surface area contributed by atoms with E-state index in [2.05, 4.69) is 44.3 Å². The van der Waals surface area contributed by atoms with E-state index < -0.39 is 8.32 Å². The van der Waals surface area contributed by atoms with Gasteiger partial charge in [-0.1, -0.05) is 24.3 Å². The number of benzene rings is 1. The molecule has 0 aliphatic heterocycles. The van der Waals surface area contributed by atoms with E-state index in [1.807, 2.05) is 0 Å². The fourth-order valence-corrected chi connectivity index (χ4v) is 5.57. The maximum Gasteiger partial charge on any atom is 0.194 e. The third-order valence-electron chi connectivity index (χ3n) is 3.49. The van der Waals surface area contributed by atoms with Crippen molar-refractivity contribution in [2.24, 2.45) is 0 Å². The molecule has 1 aromatic carbocycles. The van der Waals surface area contributed by atoms with Crippen LogP contribution in [0.1, 0.15) is 30.0 Å². The molecule has 1 aliphatic rings. The first-order valence-corrected chi connectivity index (χ1v) is 8.85. The van der Waals surface area contributed by atoms with Crippen molar-refractivity contribution in [3.8, 4) is 0 Å². The van der Waals surface area contributed by atoms with E-state index in [1.54, 1.807) is 11.1 Å². The van der Waals surface area contributed by atoms with E-state index in [0.29, 0.717) is 5.54 Å². The molecule has 0 spiro atoms. The normalized spacial score (nSPS) is 20.3. The summed E-state index contributed by atoms with van der Waals surface area (Å²) in [6.07, 6.45) is 2.53. The Morgan fingerprint density at radius 2 is 2.07 bits per heavy atom. The molecule has 0 bridgehead atoms. The monoisotopic (exact) mass is 220 g/mol. The van der Waals surface area contributed by atoms with E-state index in [9.17, 15) is 0 Å². The molecule has 0 aromatic heterocycles. The Morgan fingerprint density at radius 1 is 1.33 bits per heavy atom. The number of hydrogen-bond donors (Lipinski definition) is 0. The Bertz CT molecular complexity index is 346. The van der Waals surface area contributed by atoms with Crippen LogP contribution >= 0.6 is 0 Å². The molecule has 15 heavy (non-hydrogen) atoms. The molecule has 0 saturated heterocycles. The molecule has 0 N–H and O–H groups in total. The zero-order valence-electron chi connectivity index (χ0n) is 9.92. The summed E-state index contributed by atoms with van der Waals surface area (Å²) in [4.78, 5) is 0. The Morgan fingerprint density at radius 3 is 2.80 bits per heavy atom. The molecule has 1 nitrogen and oxygen atoms in total. The second-order valence-electron chi connectivity index (χ2n) is 4.83. The molecule has 0 saturated carbocycles. The highest BCUT2D eigenvalue weighted by Crippen LogP contribution is 2.39. The van der Waals surface area contributed by atoms with Gasteiger partial charge in [-0.25, -0.2) is 0 Å². The maximum absolute atomic E-state index is 6.01. The highest BCUT2D eigenvalue weighted by Gasteiger charge is 2.38. The van der Waals surface area contributed by atoms with Gasteiger partial charge in [-0.2, -0.15) is 0 Å². The minimum Gasteiger partial charge on any atom is -0.417 e. The summed E-state index contributed by atoms with van der Waals surface area (Å²) >= 11 is 0. The van der Waals surface area contributed by atoms with Crippen LogP contribution in [0.5, 0.6) is 0 Å².